The van der Waals surface area contributed by atoms with Gasteiger partial charge in [0.2, 0.25) is 0 Å². The van der Waals surface area contributed by atoms with Gasteiger partial charge >= 0.3 is 0 Å². The van der Waals surface area contributed by atoms with Crippen molar-refractivity contribution in [3.63, 3.8) is 0 Å². The van der Waals surface area contributed by atoms with Gasteiger partial charge < -0.3 is 10.4 Å². The molecule has 1 aliphatic rings. The fourth-order valence-corrected chi connectivity index (χ4v) is 2.20. The van der Waals surface area contributed by atoms with Crippen molar-refractivity contribution in [2.24, 2.45) is 5.92 Å². The molecule has 0 saturated heterocycles. The molecule has 4 heteroatoms. The number of aliphatic hydroxyl groups is 1. The van der Waals surface area contributed by atoms with E-state index in [9.17, 15) is 9.50 Å². The van der Waals surface area contributed by atoms with Gasteiger partial charge in [0.05, 0.1) is 12.1 Å². The molecule has 2 nitrogen and oxygen atoms in total. The monoisotopic (exact) mass is 301 g/mol. The third-order valence-electron chi connectivity index (χ3n) is 3.32. The number of aliphatic hydroxyl groups excluding tert-OH is 1. The van der Waals surface area contributed by atoms with Crippen molar-refractivity contribution >= 4 is 15.9 Å². The maximum absolute atomic E-state index is 13.9. The summed E-state index contributed by atoms with van der Waals surface area (Å²) < 4.78 is 14.6. The van der Waals surface area contributed by atoms with Gasteiger partial charge in [-0.05, 0) is 44.4 Å². The third kappa shape index (κ3) is 3.06. The predicted octanol–water partition coefficient (Wildman–Crippen LogP) is 2.80. The van der Waals surface area contributed by atoms with Gasteiger partial charge in [-0.1, -0.05) is 22.0 Å². The Bertz CT molecular complexity index is 408. The quantitative estimate of drug-likeness (QED) is 0.876. The summed E-state index contributed by atoms with van der Waals surface area (Å²) in [5, 5.41) is 12.8. The molecule has 1 aliphatic carbocycles. The van der Waals surface area contributed by atoms with Crippen molar-refractivity contribution in [1.82, 2.24) is 5.32 Å². The molecule has 17 heavy (non-hydrogen) atoms. The van der Waals surface area contributed by atoms with E-state index in [1.165, 1.54) is 18.9 Å². The summed E-state index contributed by atoms with van der Waals surface area (Å²) in [5.74, 6) is 0.401. The van der Waals surface area contributed by atoms with E-state index in [0.717, 1.165) is 6.54 Å². The molecule has 0 aliphatic heterocycles. The van der Waals surface area contributed by atoms with Gasteiger partial charge in [0.1, 0.15) is 5.82 Å². The Morgan fingerprint density at radius 2 is 2.24 bits per heavy atom. The molecule has 94 valence electrons. The number of benzene rings is 1. The number of hydrogen-bond donors (Lipinski definition) is 2. The summed E-state index contributed by atoms with van der Waals surface area (Å²) in [5.41, 5.74) is -0.184. The molecule has 0 aromatic heterocycles. The van der Waals surface area contributed by atoms with Gasteiger partial charge in [-0.2, -0.15) is 0 Å². The first-order valence-corrected chi connectivity index (χ1v) is 6.66. The zero-order chi connectivity index (χ0) is 12.5. The van der Waals surface area contributed by atoms with Crippen LogP contribution in [0.15, 0.2) is 22.7 Å². The number of rotatable bonds is 5. The molecular formula is C13H17BrFNO. The summed E-state index contributed by atoms with van der Waals surface area (Å²) in [7, 11) is 0. The van der Waals surface area contributed by atoms with Crippen LogP contribution in [-0.4, -0.2) is 18.3 Å². The van der Waals surface area contributed by atoms with Crippen molar-refractivity contribution < 1.29 is 9.50 Å². The number of nitrogens with one attached hydrogen (secondary N) is 1. The molecule has 0 spiro atoms. The van der Waals surface area contributed by atoms with Gasteiger partial charge in [0.25, 0.3) is 0 Å². The van der Waals surface area contributed by atoms with E-state index in [-0.39, 0.29) is 12.4 Å². The van der Waals surface area contributed by atoms with Crippen LogP contribution in [0.4, 0.5) is 4.39 Å². The maximum atomic E-state index is 13.9. The molecule has 1 atom stereocenters. The summed E-state index contributed by atoms with van der Waals surface area (Å²) in [6.45, 7) is 2.56. The first-order valence-electron chi connectivity index (χ1n) is 5.86. The van der Waals surface area contributed by atoms with Crippen LogP contribution < -0.4 is 5.32 Å². The molecule has 1 unspecified atom stereocenters. The van der Waals surface area contributed by atoms with Gasteiger partial charge in [-0.3, -0.25) is 0 Å². The summed E-state index contributed by atoms with van der Waals surface area (Å²) in [6, 6.07) is 4.95. The topological polar surface area (TPSA) is 32.3 Å². The molecular weight excluding hydrogens is 285 g/mol. The van der Waals surface area contributed by atoms with E-state index >= 15 is 0 Å². The molecule has 1 aromatic rings. The largest absolute Gasteiger partial charge is 0.394 e. The maximum Gasteiger partial charge on any atom is 0.129 e. The molecule has 1 aromatic carbocycles. The lowest BCUT2D eigenvalue weighted by Gasteiger charge is -2.30. The third-order valence-corrected chi connectivity index (χ3v) is 3.81. The molecule has 1 fully saturated rings. The van der Waals surface area contributed by atoms with Crippen LogP contribution in [-0.2, 0) is 5.54 Å². The first kappa shape index (κ1) is 13.0. The fourth-order valence-electron chi connectivity index (χ4n) is 1.86. The van der Waals surface area contributed by atoms with Crippen molar-refractivity contribution in [3.05, 3.63) is 34.1 Å². The zero-order valence-corrected chi connectivity index (χ0v) is 11.4. The van der Waals surface area contributed by atoms with E-state index < -0.39 is 5.54 Å². The Morgan fingerprint density at radius 3 is 2.76 bits per heavy atom. The second kappa shape index (κ2) is 5.04. The van der Waals surface area contributed by atoms with E-state index in [1.807, 2.05) is 6.92 Å². The van der Waals surface area contributed by atoms with Crippen LogP contribution in [0.2, 0.25) is 0 Å². The van der Waals surface area contributed by atoms with Gasteiger partial charge in [0.15, 0.2) is 0 Å². The summed E-state index contributed by atoms with van der Waals surface area (Å²) >= 11 is 3.23. The molecule has 0 amide bonds. The normalized spacial score (nSPS) is 19.1. The van der Waals surface area contributed by atoms with Crippen molar-refractivity contribution in [2.45, 2.75) is 25.3 Å². The Balaban J connectivity index is 2.18. The molecule has 1 saturated carbocycles. The molecule has 0 heterocycles. The minimum absolute atomic E-state index is 0.113. The van der Waals surface area contributed by atoms with Crippen LogP contribution in [0.5, 0.6) is 0 Å². The Hall–Kier alpha value is -0.450. The SMILES string of the molecule is CC(CO)(NCC1CC1)c1ccc(Br)cc1F. The molecule has 2 N–H and O–H groups in total. The molecule has 2 rings (SSSR count). The van der Waals surface area contributed by atoms with Crippen molar-refractivity contribution in [2.75, 3.05) is 13.2 Å². The average molecular weight is 302 g/mol. The fraction of sp³-hybridized carbons (Fsp3) is 0.538. The molecule has 0 bridgehead atoms. The second-order valence-electron chi connectivity index (χ2n) is 4.94. The highest BCUT2D eigenvalue weighted by Gasteiger charge is 2.31. The van der Waals surface area contributed by atoms with Crippen LogP contribution in [0, 0.1) is 11.7 Å². The van der Waals surface area contributed by atoms with Gasteiger partial charge in [0, 0.05) is 10.0 Å². The van der Waals surface area contributed by atoms with Crippen LogP contribution >= 0.6 is 15.9 Å². The van der Waals surface area contributed by atoms with E-state index in [1.54, 1.807) is 12.1 Å². The highest BCUT2D eigenvalue weighted by Crippen LogP contribution is 2.31. The number of halogens is 2. The molecule has 0 radical (unpaired) electrons. The highest BCUT2D eigenvalue weighted by molar-refractivity contribution is 9.10. The second-order valence-corrected chi connectivity index (χ2v) is 5.85. The summed E-state index contributed by atoms with van der Waals surface area (Å²) in [4.78, 5) is 0. The number of hydrogen-bond acceptors (Lipinski definition) is 2. The van der Waals surface area contributed by atoms with Crippen LogP contribution in [0.3, 0.4) is 0 Å². The van der Waals surface area contributed by atoms with Gasteiger partial charge in [-0.15, -0.1) is 0 Å². The Morgan fingerprint density at radius 1 is 1.53 bits per heavy atom. The van der Waals surface area contributed by atoms with Crippen molar-refractivity contribution in [1.29, 1.82) is 0 Å². The smallest absolute Gasteiger partial charge is 0.129 e. The Labute approximate surface area is 109 Å². The Kier molecular flexibility index (Phi) is 3.85. The van der Waals surface area contributed by atoms with Crippen LogP contribution in [0.25, 0.3) is 0 Å². The lowest BCUT2D eigenvalue weighted by atomic mass is 9.92. The lowest BCUT2D eigenvalue weighted by molar-refractivity contribution is 0.170. The highest BCUT2D eigenvalue weighted by atomic mass is 79.9. The van der Waals surface area contributed by atoms with E-state index in [4.69, 9.17) is 0 Å². The average Bonchev–Trinajstić information content (AvgIpc) is 3.09. The predicted molar refractivity (Wildman–Crippen MR) is 69.3 cm³/mol. The van der Waals surface area contributed by atoms with E-state index in [2.05, 4.69) is 21.2 Å². The van der Waals surface area contributed by atoms with Gasteiger partial charge in [-0.25, -0.2) is 4.39 Å². The zero-order valence-electron chi connectivity index (χ0n) is 9.84. The van der Waals surface area contributed by atoms with Crippen molar-refractivity contribution in [3.8, 4) is 0 Å². The first-order chi connectivity index (χ1) is 8.05. The minimum Gasteiger partial charge on any atom is -0.394 e. The standard InChI is InChI=1S/C13H17BrFNO/c1-13(8-17,16-7-9-2-3-9)11-5-4-10(14)6-12(11)15/h4-6,9,16-17H,2-3,7-8H2,1H3. The summed E-state index contributed by atoms with van der Waals surface area (Å²) in [6.07, 6.45) is 2.47. The minimum atomic E-state index is -0.701. The lowest BCUT2D eigenvalue weighted by Crippen LogP contribution is -2.44. The van der Waals surface area contributed by atoms with Crippen LogP contribution in [0.1, 0.15) is 25.3 Å². The van der Waals surface area contributed by atoms with E-state index in [0.29, 0.717) is 16.0 Å².